The number of ketones is 1. The fourth-order valence-electron chi connectivity index (χ4n) is 0.921. The quantitative estimate of drug-likeness (QED) is 0.618. The first-order valence-electron chi connectivity index (χ1n) is 3.73. The van der Waals surface area contributed by atoms with E-state index in [1.54, 1.807) is 0 Å². The van der Waals surface area contributed by atoms with Crippen LogP contribution in [0.1, 0.15) is 10.4 Å². The van der Waals surface area contributed by atoms with Crippen LogP contribution in [0, 0.1) is 0 Å². The summed E-state index contributed by atoms with van der Waals surface area (Å²) >= 11 is 0. The Bertz CT molecular complexity index is 438. The van der Waals surface area contributed by atoms with E-state index in [1.165, 1.54) is 24.3 Å². The SMILES string of the molecule is NCC(=O)c1ccc(S(=O)(=O)Cl)cc1. The van der Waals surface area contributed by atoms with Crippen molar-refractivity contribution in [2.75, 3.05) is 6.54 Å². The van der Waals surface area contributed by atoms with Crippen LogP contribution < -0.4 is 5.73 Å². The van der Waals surface area contributed by atoms with Crippen LogP contribution in [-0.4, -0.2) is 20.7 Å². The number of hydrogen-bond acceptors (Lipinski definition) is 4. The topological polar surface area (TPSA) is 77.2 Å². The molecule has 0 aliphatic rings. The van der Waals surface area contributed by atoms with E-state index in [4.69, 9.17) is 16.4 Å². The molecule has 0 saturated carbocycles. The second-order valence-corrected chi connectivity index (χ2v) is 5.16. The zero-order chi connectivity index (χ0) is 10.8. The van der Waals surface area contributed by atoms with Gasteiger partial charge in [0.25, 0.3) is 9.05 Å². The summed E-state index contributed by atoms with van der Waals surface area (Å²) in [4.78, 5) is 11.0. The molecule has 0 amide bonds. The van der Waals surface area contributed by atoms with E-state index in [-0.39, 0.29) is 17.2 Å². The lowest BCUT2D eigenvalue weighted by atomic mass is 10.1. The van der Waals surface area contributed by atoms with E-state index in [0.717, 1.165) is 0 Å². The average Bonchev–Trinajstić information content (AvgIpc) is 2.15. The van der Waals surface area contributed by atoms with Crippen molar-refractivity contribution in [2.45, 2.75) is 4.90 Å². The van der Waals surface area contributed by atoms with Gasteiger partial charge in [0.05, 0.1) is 11.4 Å². The lowest BCUT2D eigenvalue weighted by Gasteiger charge is -1.98. The van der Waals surface area contributed by atoms with Gasteiger partial charge in [-0.15, -0.1) is 0 Å². The Kier molecular flexibility index (Phi) is 3.25. The number of benzene rings is 1. The first-order chi connectivity index (χ1) is 6.45. The summed E-state index contributed by atoms with van der Waals surface area (Å²) < 4.78 is 21.7. The summed E-state index contributed by atoms with van der Waals surface area (Å²) in [5, 5.41) is 0. The molecule has 0 unspecified atom stereocenters. The Balaban J connectivity index is 3.07. The largest absolute Gasteiger partial charge is 0.324 e. The van der Waals surface area contributed by atoms with E-state index in [2.05, 4.69) is 0 Å². The van der Waals surface area contributed by atoms with Gasteiger partial charge >= 0.3 is 0 Å². The van der Waals surface area contributed by atoms with Crippen molar-refractivity contribution < 1.29 is 13.2 Å². The molecule has 0 radical (unpaired) electrons. The molecule has 0 bridgehead atoms. The number of carbonyl (C=O) groups is 1. The van der Waals surface area contributed by atoms with Gasteiger partial charge in [-0.05, 0) is 12.1 Å². The molecule has 4 nitrogen and oxygen atoms in total. The molecule has 1 aromatic carbocycles. The smallest absolute Gasteiger partial charge is 0.261 e. The Labute approximate surface area is 86.1 Å². The van der Waals surface area contributed by atoms with Crippen molar-refractivity contribution in [1.29, 1.82) is 0 Å². The lowest BCUT2D eigenvalue weighted by Crippen LogP contribution is -2.13. The molecule has 0 fully saturated rings. The third-order valence-electron chi connectivity index (χ3n) is 1.64. The van der Waals surface area contributed by atoms with Gasteiger partial charge in [0, 0.05) is 16.2 Å². The zero-order valence-corrected chi connectivity index (χ0v) is 8.68. The van der Waals surface area contributed by atoms with Gasteiger partial charge in [0.1, 0.15) is 0 Å². The second-order valence-electron chi connectivity index (χ2n) is 2.59. The van der Waals surface area contributed by atoms with E-state index >= 15 is 0 Å². The lowest BCUT2D eigenvalue weighted by molar-refractivity contribution is 0.100. The number of halogens is 1. The van der Waals surface area contributed by atoms with Gasteiger partial charge < -0.3 is 5.73 Å². The number of hydrogen-bond donors (Lipinski definition) is 1. The van der Waals surface area contributed by atoms with Crippen LogP contribution in [-0.2, 0) is 9.05 Å². The third-order valence-corrected chi connectivity index (χ3v) is 3.01. The summed E-state index contributed by atoms with van der Waals surface area (Å²) in [6, 6.07) is 5.30. The summed E-state index contributed by atoms with van der Waals surface area (Å²) in [7, 11) is 1.36. The highest BCUT2D eigenvalue weighted by atomic mass is 35.7. The van der Waals surface area contributed by atoms with Gasteiger partial charge in [-0.25, -0.2) is 8.42 Å². The molecule has 6 heteroatoms. The molecular weight excluding hydrogens is 226 g/mol. The molecule has 2 N–H and O–H groups in total. The molecular formula is C8H8ClNO3S. The van der Waals surface area contributed by atoms with Gasteiger partial charge in [0.2, 0.25) is 0 Å². The Morgan fingerprint density at radius 2 is 1.79 bits per heavy atom. The van der Waals surface area contributed by atoms with Crippen LogP contribution >= 0.6 is 10.7 Å². The summed E-state index contributed by atoms with van der Waals surface area (Å²) in [5.41, 5.74) is 5.51. The number of nitrogens with two attached hydrogens (primary N) is 1. The number of Topliss-reactive ketones (excluding diaryl/α,β-unsaturated/α-hetero) is 1. The van der Waals surface area contributed by atoms with Gasteiger partial charge in [0.15, 0.2) is 5.78 Å². The van der Waals surface area contributed by atoms with E-state index in [1.807, 2.05) is 0 Å². The predicted octanol–water partition coefficient (Wildman–Crippen LogP) is 0.756. The highest BCUT2D eigenvalue weighted by Gasteiger charge is 2.10. The summed E-state index contributed by atoms with van der Waals surface area (Å²) in [6.07, 6.45) is 0. The molecule has 0 atom stereocenters. The van der Waals surface area contributed by atoms with Gasteiger partial charge in [-0.3, -0.25) is 4.79 Å². The monoisotopic (exact) mass is 233 g/mol. The van der Waals surface area contributed by atoms with Crippen molar-refractivity contribution in [3.05, 3.63) is 29.8 Å². The minimum Gasteiger partial charge on any atom is -0.324 e. The standard InChI is InChI=1S/C8H8ClNO3S/c9-14(12,13)7-3-1-6(2-4-7)8(11)5-10/h1-4H,5,10H2. The third kappa shape index (κ3) is 2.54. The van der Waals surface area contributed by atoms with Gasteiger partial charge in [-0.2, -0.15) is 0 Å². The zero-order valence-electron chi connectivity index (χ0n) is 7.10. The fraction of sp³-hybridized carbons (Fsp3) is 0.125. The molecule has 1 aromatic rings. The van der Waals surface area contributed by atoms with Crippen LogP contribution in [0.4, 0.5) is 0 Å². The first kappa shape index (κ1) is 11.2. The van der Waals surface area contributed by atoms with Crippen molar-refractivity contribution >= 4 is 25.5 Å². The van der Waals surface area contributed by atoms with Crippen molar-refractivity contribution in [3.8, 4) is 0 Å². The van der Waals surface area contributed by atoms with E-state index < -0.39 is 9.05 Å². The summed E-state index contributed by atoms with van der Waals surface area (Å²) in [6.45, 7) is -0.104. The highest BCUT2D eigenvalue weighted by Crippen LogP contribution is 2.15. The minimum absolute atomic E-state index is 0.0345. The predicted molar refractivity (Wildman–Crippen MR) is 52.9 cm³/mol. The van der Waals surface area contributed by atoms with Crippen LogP contribution in [0.3, 0.4) is 0 Å². The Morgan fingerprint density at radius 1 is 1.29 bits per heavy atom. The molecule has 76 valence electrons. The van der Waals surface area contributed by atoms with Gasteiger partial charge in [-0.1, -0.05) is 12.1 Å². The molecule has 0 aliphatic heterocycles. The van der Waals surface area contributed by atoms with Crippen molar-refractivity contribution in [3.63, 3.8) is 0 Å². The second kappa shape index (κ2) is 4.08. The molecule has 1 rings (SSSR count). The highest BCUT2D eigenvalue weighted by molar-refractivity contribution is 8.13. The maximum Gasteiger partial charge on any atom is 0.261 e. The van der Waals surface area contributed by atoms with Crippen LogP contribution in [0.5, 0.6) is 0 Å². The van der Waals surface area contributed by atoms with Crippen LogP contribution in [0.15, 0.2) is 29.2 Å². The maximum atomic E-state index is 11.1. The minimum atomic E-state index is -3.72. The first-order valence-corrected chi connectivity index (χ1v) is 6.04. The molecule has 0 heterocycles. The van der Waals surface area contributed by atoms with Crippen LogP contribution in [0.2, 0.25) is 0 Å². The molecule has 0 aromatic heterocycles. The average molecular weight is 234 g/mol. The maximum absolute atomic E-state index is 11.1. The fourth-order valence-corrected chi connectivity index (χ4v) is 1.69. The molecule has 0 saturated heterocycles. The molecule has 0 spiro atoms. The molecule has 0 aliphatic carbocycles. The number of carbonyl (C=O) groups excluding carboxylic acids is 1. The van der Waals surface area contributed by atoms with E-state index in [0.29, 0.717) is 5.56 Å². The molecule has 14 heavy (non-hydrogen) atoms. The van der Waals surface area contributed by atoms with Crippen LogP contribution in [0.25, 0.3) is 0 Å². The number of rotatable bonds is 3. The summed E-state index contributed by atoms with van der Waals surface area (Å²) in [5.74, 6) is -0.247. The Hall–Kier alpha value is -0.910. The van der Waals surface area contributed by atoms with Crippen molar-refractivity contribution in [1.82, 2.24) is 0 Å². The Morgan fingerprint density at radius 3 is 2.14 bits per heavy atom. The van der Waals surface area contributed by atoms with E-state index in [9.17, 15) is 13.2 Å². The normalized spacial score (nSPS) is 11.3. The van der Waals surface area contributed by atoms with Crippen molar-refractivity contribution in [2.24, 2.45) is 5.73 Å².